The van der Waals surface area contributed by atoms with Gasteiger partial charge >= 0.3 is 5.97 Å². The van der Waals surface area contributed by atoms with E-state index in [-0.39, 0.29) is 12.6 Å². The highest BCUT2D eigenvalue weighted by Gasteiger charge is 2.13. The van der Waals surface area contributed by atoms with Crippen LogP contribution in [0.3, 0.4) is 0 Å². The number of nitrogens with one attached hydrogen (secondary N) is 1. The highest BCUT2D eigenvalue weighted by Crippen LogP contribution is 2.18. The molecule has 7 nitrogen and oxygen atoms in total. The highest BCUT2D eigenvalue weighted by molar-refractivity contribution is 5.71. The maximum Gasteiger partial charge on any atom is 0.322 e. The molecule has 0 fully saturated rings. The summed E-state index contributed by atoms with van der Waals surface area (Å²) in [6.07, 6.45) is 5.17. The molecule has 0 amide bonds. The third-order valence-electron chi connectivity index (χ3n) is 3.31. The molecule has 2 aromatic rings. The summed E-state index contributed by atoms with van der Waals surface area (Å²) in [7, 11) is 2.01. The summed E-state index contributed by atoms with van der Waals surface area (Å²) in [4.78, 5) is 25.2. The molecule has 0 spiro atoms. The van der Waals surface area contributed by atoms with E-state index in [4.69, 9.17) is 5.11 Å². The maximum absolute atomic E-state index is 10.5. The van der Waals surface area contributed by atoms with Crippen LogP contribution in [0.15, 0.2) is 36.8 Å². The molecule has 0 aliphatic heterocycles. The summed E-state index contributed by atoms with van der Waals surface area (Å²) >= 11 is 0. The molecule has 0 radical (unpaired) electrons. The maximum atomic E-state index is 10.5. The molecular formula is C15H19N5O2. The molecular weight excluding hydrogens is 282 g/mol. The number of rotatable bonds is 7. The minimum Gasteiger partial charge on any atom is -0.480 e. The van der Waals surface area contributed by atoms with E-state index in [2.05, 4.69) is 32.1 Å². The van der Waals surface area contributed by atoms with Gasteiger partial charge in [-0.2, -0.15) is 0 Å². The number of aliphatic carboxylic acids is 1. The predicted octanol–water partition coefficient (Wildman–Crippen LogP) is 1.56. The van der Waals surface area contributed by atoms with Crippen molar-refractivity contribution in [1.82, 2.24) is 19.9 Å². The Morgan fingerprint density at radius 3 is 2.64 bits per heavy atom. The lowest BCUT2D eigenvalue weighted by Crippen LogP contribution is -2.23. The van der Waals surface area contributed by atoms with Crippen LogP contribution < -0.4 is 5.32 Å². The summed E-state index contributed by atoms with van der Waals surface area (Å²) in [5.74, 6) is -0.636. The average Bonchev–Trinajstić information content (AvgIpc) is 2.54. The van der Waals surface area contributed by atoms with Crippen molar-refractivity contribution in [3.05, 3.63) is 48.0 Å². The number of hydrogen-bond donors (Lipinski definition) is 2. The molecule has 0 aliphatic rings. The van der Waals surface area contributed by atoms with Gasteiger partial charge in [-0.15, -0.1) is 0 Å². The largest absolute Gasteiger partial charge is 0.480 e. The van der Waals surface area contributed by atoms with Crippen molar-refractivity contribution in [2.75, 3.05) is 18.9 Å². The van der Waals surface area contributed by atoms with Gasteiger partial charge in [0, 0.05) is 36.7 Å². The van der Waals surface area contributed by atoms with Crippen molar-refractivity contribution in [2.45, 2.75) is 19.5 Å². The Kier molecular flexibility index (Phi) is 5.37. The quantitative estimate of drug-likeness (QED) is 0.802. The van der Waals surface area contributed by atoms with Gasteiger partial charge in [0.1, 0.15) is 6.54 Å². The SMILES string of the molecule is C[C@H](c1ccccn1)N(C)Cc1cnc(NCC(=O)O)nc1. The summed E-state index contributed by atoms with van der Waals surface area (Å²) < 4.78 is 0. The Morgan fingerprint density at radius 1 is 1.32 bits per heavy atom. The summed E-state index contributed by atoms with van der Waals surface area (Å²) in [6.45, 7) is 2.57. The third-order valence-corrected chi connectivity index (χ3v) is 3.31. The number of anilines is 1. The van der Waals surface area contributed by atoms with E-state index in [0.29, 0.717) is 12.5 Å². The lowest BCUT2D eigenvalue weighted by molar-refractivity contribution is -0.134. The van der Waals surface area contributed by atoms with E-state index in [1.807, 2.05) is 25.2 Å². The molecule has 2 heterocycles. The zero-order valence-corrected chi connectivity index (χ0v) is 12.6. The van der Waals surface area contributed by atoms with Crippen LogP contribution in [0.25, 0.3) is 0 Å². The lowest BCUT2D eigenvalue weighted by Gasteiger charge is -2.24. The van der Waals surface area contributed by atoms with Gasteiger partial charge < -0.3 is 10.4 Å². The molecule has 0 aromatic carbocycles. The summed E-state index contributed by atoms with van der Waals surface area (Å²) in [6, 6.07) is 6.04. The monoisotopic (exact) mass is 301 g/mol. The minimum absolute atomic E-state index is 0.172. The number of carbonyl (C=O) groups is 1. The van der Waals surface area contributed by atoms with Crippen molar-refractivity contribution < 1.29 is 9.90 Å². The van der Waals surface area contributed by atoms with E-state index in [0.717, 1.165) is 11.3 Å². The van der Waals surface area contributed by atoms with Crippen LogP contribution in [0.1, 0.15) is 24.2 Å². The van der Waals surface area contributed by atoms with Crippen LogP contribution in [0.5, 0.6) is 0 Å². The number of carboxylic acids is 1. The number of pyridine rings is 1. The van der Waals surface area contributed by atoms with Crippen molar-refractivity contribution in [3.63, 3.8) is 0 Å². The van der Waals surface area contributed by atoms with Crippen LogP contribution in [0, 0.1) is 0 Å². The zero-order valence-electron chi connectivity index (χ0n) is 12.6. The second kappa shape index (κ2) is 7.46. The van der Waals surface area contributed by atoms with Crippen molar-refractivity contribution in [3.8, 4) is 0 Å². The fourth-order valence-corrected chi connectivity index (χ4v) is 1.96. The van der Waals surface area contributed by atoms with Gasteiger partial charge in [0.25, 0.3) is 0 Å². The van der Waals surface area contributed by atoms with Gasteiger partial charge in [-0.25, -0.2) is 9.97 Å². The van der Waals surface area contributed by atoms with E-state index in [1.54, 1.807) is 18.6 Å². The first-order valence-electron chi connectivity index (χ1n) is 6.94. The molecule has 2 N–H and O–H groups in total. The Hall–Kier alpha value is -2.54. The summed E-state index contributed by atoms with van der Waals surface area (Å²) in [5.41, 5.74) is 1.96. The second-order valence-corrected chi connectivity index (χ2v) is 5.01. The van der Waals surface area contributed by atoms with Crippen LogP contribution in [-0.4, -0.2) is 44.5 Å². The first-order valence-corrected chi connectivity index (χ1v) is 6.94. The van der Waals surface area contributed by atoms with Gasteiger partial charge in [0.2, 0.25) is 5.95 Å². The Morgan fingerprint density at radius 2 is 2.05 bits per heavy atom. The molecule has 0 aliphatic carbocycles. The Balaban J connectivity index is 1.94. The van der Waals surface area contributed by atoms with Gasteiger partial charge in [0.05, 0.1) is 5.69 Å². The van der Waals surface area contributed by atoms with Crippen molar-refractivity contribution in [2.24, 2.45) is 0 Å². The molecule has 1 atom stereocenters. The molecule has 0 unspecified atom stereocenters. The topological polar surface area (TPSA) is 91.2 Å². The zero-order chi connectivity index (χ0) is 15.9. The fourth-order valence-electron chi connectivity index (χ4n) is 1.96. The van der Waals surface area contributed by atoms with Crippen molar-refractivity contribution in [1.29, 1.82) is 0 Å². The Labute approximate surface area is 129 Å². The van der Waals surface area contributed by atoms with Gasteiger partial charge in [-0.05, 0) is 26.1 Å². The first-order chi connectivity index (χ1) is 10.6. The summed E-state index contributed by atoms with van der Waals surface area (Å²) in [5, 5.41) is 11.2. The molecule has 2 rings (SSSR count). The van der Waals surface area contributed by atoms with Crippen LogP contribution in [-0.2, 0) is 11.3 Å². The van der Waals surface area contributed by atoms with Crippen LogP contribution in [0.2, 0.25) is 0 Å². The average molecular weight is 301 g/mol. The highest BCUT2D eigenvalue weighted by atomic mass is 16.4. The first kappa shape index (κ1) is 15.8. The molecule has 7 heteroatoms. The predicted molar refractivity (Wildman–Crippen MR) is 82.3 cm³/mol. The Bertz CT molecular complexity index is 603. The van der Waals surface area contributed by atoms with Gasteiger partial charge in [0.15, 0.2) is 0 Å². The van der Waals surface area contributed by atoms with Gasteiger partial charge in [-0.1, -0.05) is 6.07 Å². The van der Waals surface area contributed by atoms with Crippen LogP contribution >= 0.6 is 0 Å². The number of carboxylic acid groups (broad SMARTS) is 1. The molecule has 0 bridgehead atoms. The van der Waals surface area contributed by atoms with Gasteiger partial charge in [-0.3, -0.25) is 14.7 Å². The molecule has 22 heavy (non-hydrogen) atoms. The third kappa shape index (κ3) is 4.49. The normalized spacial score (nSPS) is 12.1. The second-order valence-electron chi connectivity index (χ2n) is 5.01. The number of aromatic nitrogens is 3. The molecule has 116 valence electrons. The van der Waals surface area contributed by atoms with Crippen LogP contribution in [0.4, 0.5) is 5.95 Å². The van der Waals surface area contributed by atoms with E-state index >= 15 is 0 Å². The molecule has 0 saturated carbocycles. The molecule has 0 saturated heterocycles. The van der Waals surface area contributed by atoms with E-state index in [9.17, 15) is 4.79 Å². The van der Waals surface area contributed by atoms with Crippen molar-refractivity contribution >= 4 is 11.9 Å². The molecule has 2 aromatic heterocycles. The standard InChI is InChI=1S/C15H19N5O2/c1-11(13-5-3-4-6-16-13)20(2)10-12-7-17-15(18-8-12)19-9-14(21)22/h3-8,11H,9-10H2,1-2H3,(H,21,22)(H,17,18,19)/t11-/m1/s1. The fraction of sp³-hybridized carbons (Fsp3) is 0.333. The minimum atomic E-state index is -0.948. The van der Waals surface area contributed by atoms with E-state index in [1.165, 1.54) is 0 Å². The number of nitrogens with zero attached hydrogens (tertiary/aromatic N) is 4. The smallest absolute Gasteiger partial charge is 0.322 e. The number of hydrogen-bond acceptors (Lipinski definition) is 6. The lowest BCUT2D eigenvalue weighted by atomic mass is 10.2. The van der Waals surface area contributed by atoms with E-state index < -0.39 is 5.97 Å².